The van der Waals surface area contributed by atoms with Gasteiger partial charge in [0.15, 0.2) is 0 Å². The molecule has 0 spiro atoms. The molecule has 1 aromatic heterocycles. The summed E-state index contributed by atoms with van der Waals surface area (Å²) in [7, 11) is 0. The van der Waals surface area contributed by atoms with Gasteiger partial charge in [-0.2, -0.15) is 0 Å². The van der Waals surface area contributed by atoms with Crippen molar-refractivity contribution in [3.63, 3.8) is 0 Å². The zero-order valence-corrected chi connectivity index (χ0v) is 8.51. The Balaban J connectivity index is 2.51. The number of nitrogen functional groups attached to an aromatic ring is 1. The molecule has 16 heavy (non-hydrogen) atoms. The normalized spacial score (nSPS) is 11.0. The van der Waals surface area contributed by atoms with Crippen LogP contribution < -0.4 is 5.73 Å². The summed E-state index contributed by atoms with van der Waals surface area (Å²) in [6.07, 6.45) is 0. The Kier molecular flexibility index (Phi) is 1.74. The number of para-hydroxylation sites is 1. The first-order valence-electron chi connectivity index (χ1n) is 5.02. The topological polar surface area (TPSA) is 59.1 Å². The minimum Gasteiger partial charge on any atom is -0.505 e. The highest BCUT2D eigenvalue weighted by Gasteiger charge is 2.05. The third-order valence-corrected chi connectivity index (χ3v) is 2.70. The van der Waals surface area contributed by atoms with Gasteiger partial charge in [0.2, 0.25) is 0 Å². The van der Waals surface area contributed by atoms with Crippen molar-refractivity contribution in [3.05, 3.63) is 42.5 Å². The predicted octanol–water partition coefficient (Wildman–Crippen LogP) is 2.68. The molecule has 1 heterocycles. The number of benzene rings is 2. The maximum Gasteiger partial charge on any atom is 0.147 e. The van der Waals surface area contributed by atoms with Crippen molar-refractivity contribution in [2.24, 2.45) is 0 Å². The number of pyridine rings is 1. The van der Waals surface area contributed by atoms with Crippen LogP contribution in [0.3, 0.4) is 0 Å². The van der Waals surface area contributed by atoms with Crippen molar-refractivity contribution in [2.45, 2.75) is 0 Å². The number of nitrogens with two attached hydrogens (primary N) is 1. The van der Waals surface area contributed by atoms with E-state index in [-0.39, 0.29) is 5.75 Å². The summed E-state index contributed by atoms with van der Waals surface area (Å²) in [6, 6.07) is 13.2. The second-order valence-corrected chi connectivity index (χ2v) is 3.75. The summed E-state index contributed by atoms with van der Waals surface area (Å²) >= 11 is 0. The molecule has 0 saturated heterocycles. The quantitative estimate of drug-likeness (QED) is 0.340. The van der Waals surface area contributed by atoms with Gasteiger partial charge in [-0.05, 0) is 24.3 Å². The number of hydrogen-bond donors (Lipinski definition) is 2. The van der Waals surface area contributed by atoms with E-state index < -0.39 is 0 Å². The van der Waals surface area contributed by atoms with E-state index in [2.05, 4.69) is 4.98 Å². The van der Waals surface area contributed by atoms with Gasteiger partial charge in [-0.15, -0.1) is 0 Å². The molecule has 0 saturated carbocycles. The van der Waals surface area contributed by atoms with E-state index in [1.165, 1.54) is 0 Å². The summed E-state index contributed by atoms with van der Waals surface area (Å²) in [4.78, 5) is 4.46. The van der Waals surface area contributed by atoms with Crippen LogP contribution in [0.25, 0.3) is 21.8 Å². The van der Waals surface area contributed by atoms with Crippen LogP contribution in [0.15, 0.2) is 42.5 Å². The molecule has 0 aliphatic rings. The van der Waals surface area contributed by atoms with Gasteiger partial charge in [-0.25, -0.2) is 4.98 Å². The summed E-state index contributed by atoms with van der Waals surface area (Å²) in [5.41, 5.74) is 7.70. The molecular formula is C13H10N2O. The van der Waals surface area contributed by atoms with Crippen molar-refractivity contribution in [2.75, 3.05) is 5.73 Å². The van der Waals surface area contributed by atoms with Crippen LogP contribution in [0.1, 0.15) is 0 Å². The lowest BCUT2D eigenvalue weighted by molar-refractivity contribution is 0.484. The Morgan fingerprint density at radius 1 is 1.00 bits per heavy atom. The largest absolute Gasteiger partial charge is 0.505 e. The SMILES string of the molecule is Nc1ccc2nc3ccccc3cc2c1O. The zero-order valence-electron chi connectivity index (χ0n) is 8.51. The molecule has 3 N–H and O–H groups in total. The molecule has 0 radical (unpaired) electrons. The fourth-order valence-corrected chi connectivity index (χ4v) is 1.85. The highest BCUT2D eigenvalue weighted by molar-refractivity contribution is 5.98. The molecule has 2 aromatic carbocycles. The fraction of sp³-hybridized carbons (Fsp3) is 0. The Morgan fingerprint density at radius 2 is 1.81 bits per heavy atom. The van der Waals surface area contributed by atoms with Gasteiger partial charge >= 0.3 is 0 Å². The lowest BCUT2D eigenvalue weighted by atomic mass is 10.1. The average Bonchev–Trinajstić information content (AvgIpc) is 2.32. The lowest BCUT2D eigenvalue weighted by Crippen LogP contribution is -1.88. The van der Waals surface area contributed by atoms with Crippen molar-refractivity contribution in [3.8, 4) is 5.75 Å². The molecule has 78 valence electrons. The summed E-state index contributed by atoms with van der Waals surface area (Å²) in [6.45, 7) is 0. The molecule has 0 atom stereocenters. The van der Waals surface area contributed by atoms with Gasteiger partial charge < -0.3 is 10.8 Å². The van der Waals surface area contributed by atoms with Crippen LogP contribution in [0.4, 0.5) is 5.69 Å². The maximum atomic E-state index is 9.85. The van der Waals surface area contributed by atoms with Gasteiger partial charge in [0.25, 0.3) is 0 Å². The number of phenols is 1. The van der Waals surface area contributed by atoms with Gasteiger partial charge in [-0.3, -0.25) is 0 Å². The van der Waals surface area contributed by atoms with E-state index >= 15 is 0 Å². The van der Waals surface area contributed by atoms with Crippen molar-refractivity contribution >= 4 is 27.5 Å². The van der Waals surface area contributed by atoms with Crippen LogP contribution in [0, 0.1) is 0 Å². The second kappa shape index (κ2) is 3.10. The number of phenolic OH excluding ortho intramolecular Hbond substituents is 1. The first-order valence-corrected chi connectivity index (χ1v) is 5.02. The predicted molar refractivity (Wildman–Crippen MR) is 65.3 cm³/mol. The standard InChI is InChI=1S/C13H10N2O/c14-10-5-6-12-9(13(10)16)7-8-3-1-2-4-11(8)15-12/h1-7,16H,14H2. The number of nitrogens with zero attached hydrogens (tertiary/aromatic N) is 1. The molecule has 3 aromatic rings. The average molecular weight is 210 g/mol. The Bertz CT molecular complexity index is 692. The smallest absolute Gasteiger partial charge is 0.147 e. The molecular weight excluding hydrogens is 200 g/mol. The van der Waals surface area contributed by atoms with Gasteiger partial charge in [-0.1, -0.05) is 18.2 Å². The number of anilines is 1. The summed E-state index contributed by atoms with van der Waals surface area (Å²) in [5, 5.41) is 11.5. The molecule has 0 aliphatic carbocycles. The Hall–Kier alpha value is -2.29. The number of aromatic nitrogens is 1. The third kappa shape index (κ3) is 1.18. The van der Waals surface area contributed by atoms with Crippen LogP contribution in [-0.2, 0) is 0 Å². The molecule has 3 heteroatoms. The number of aromatic hydroxyl groups is 1. The van der Waals surface area contributed by atoms with Gasteiger partial charge in [0.05, 0.1) is 16.7 Å². The molecule has 0 amide bonds. The van der Waals surface area contributed by atoms with Gasteiger partial charge in [0.1, 0.15) is 5.75 Å². The Morgan fingerprint density at radius 3 is 2.69 bits per heavy atom. The number of rotatable bonds is 0. The van der Waals surface area contributed by atoms with E-state index in [9.17, 15) is 5.11 Å². The first kappa shape index (κ1) is 8.97. The summed E-state index contributed by atoms with van der Waals surface area (Å²) < 4.78 is 0. The molecule has 3 nitrogen and oxygen atoms in total. The second-order valence-electron chi connectivity index (χ2n) is 3.75. The van der Waals surface area contributed by atoms with E-state index in [0.717, 1.165) is 16.4 Å². The van der Waals surface area contributed by atoms with Crippen molar-refractivity contribution in [1.82, 2.24) is 4.98 Å². The highest BCUT2D eigenvalue weighted by atomic mass is 16.3. The van der Waals surface area contributed by atoms with Crippen LogP contribution >= 0.6 is 0 Å². The number of fused-ring (bicyclic) bond motifs is 2. The highest BCUT2D eigenvalue weighted by Crippen LogP contribution is 2.31. The van der Waals surface area contributed by atoms with E-state index in [1.807, 2.05) is 36.4 Å². The minimum absolute atomic E-state index is 0.107. The van der Waals surface area contributed by atoms with Crippen molar-refractivity contribution in [1.29, 1.82) is 0 Å². The molecule has 3 rings (SSSR count). The maximum absolute atomic E-state index is 9.85. The fourth-order valence-electron chi connectivity index (χ4n) is 1.85. The van der Waals surface area contributed by atoms with E-state index in [4.69, 9.17) is 5.73 Å². The number of hydrogen-bond acceptors (Lipinski definition) is 3. The summed E-state index contributed by atoms with van der Waals surface area (Å²) in [5.74, 6) is 0.107. The minimum atomic E-state index is 0.107. The lowest BCUT2D eigenvalue weighted by Gasteiger charge is -2.05. The van der Waals surface area contributed by atoms with E-state index in [1.54, 1.807) is 6.07 Å². The van der Waals surface area contributed by atoms with Gasteiger partial charge in [0, 0.05) is 10.8 Å². The van der Waals surface area contributed by atoms with Crippen LogP contribution in [0.5, 0.6) is 5.75 Å². The first-order chi connectivity index (χ1) is 7.75. The zero-order chi connectivity index (χ0) is 11.1. The monoisotopic (exact) mass is 210 g/mol. The molecule has 0 aliphatic heterocycles. The molecule has 0 fully saturated rings. The molecule has 0 bridgehead atoms. The molecule has 0 unspecified atom stereocenters. The van der Waals surface area contributed by atoms with Crippen LogP contribution in [-0.4, -0.2) is 10.1 Å². The third-order valence-electron chi connectivity index (χ3n) is 2.70. The van der Waals surface area contributed by atoms with E-state index in [0.29, 0.717) is 11.1 Å². The van der Waals surface area contributed by atoms with Crippen LogP contribution in [0.2, 0.25) is 0 Å². The van der Waals surface area contributed by atoms with Crippen molar-refractivity contribution < 1.29 is 5.11 Å². The Labute approximate surface area is 92.1 Å².